The van der Waals surface area contributed by atoms with Gasteiger partial charge in [0.2, 0.25) is 0 Å². The molecule has 2 aromatic rings. The molecule has 1 unspecified atom stereocenters. The molecule has 1 aliphatic rings. The van der Waals surface area contributed by atoms with Crippen molar-refractivity contribution in [2.45, 2.75) is 31.8 Å². The highest BCUT2D eigenvalue weighted by molar-refractivity contribution is 9.10. The lowest BCUT2D eigenvalue weighted by Gasteiger charge is -2.24. The van der Waals surface area contributed by atoms with Gasteiger partial charge in [0.15, 0.2) is 0 Å². The van der Waals surface area contributed by atoms with Crippen molar-refractivity contribution < 1.29 is 9.84 Å². The van der Waals surface area contributed by atoms with E-state index in [1.165, 1.54) is 5.56 Å². The number of halogens is 1. The van der Waals surface area contributed by atoms with E-state index < -0.39 is 5.60 Å². The number of nitrogens with zero attached hydrogens (tertiary/aromatic N) is 2. The van der Waals surface area contributed by atoms with Gasteiger partial charge in [-0.1, -0.05) is 6.07 Å². The first kappa shape index (κ1) is 14.6. The summed E-state index contributed by atoms with van der Waals surface area (Å²) in [4.78, 5) is 0. The Labute approximate surface area is 132 Å². The molecular weight excluding hydrogens is 332 g/mol. The number of hydrogen-bond acceptors (Lipinski definition) is 3. The topological polar surface area (TPSA) is 47.3 Å². The third-order valence-corrected chi connectivity index (χ3v) is 5.38. The molecule has 0 amide bonds. The van der Waals surface area contributed by atoms with Gasteiger partial charge in [0.1, 0.15) is 5.75 Å². The predicted octanol–water partition coefficient (Wildman–Crippen LogP) is 2.88. The Kier molecular flexibility index (Phi) is 3.58. The summed E-state index contributed by atoms with van der Waals surface area (Å²) in [7, 11) is 3.56. The molecule has 112 valence electrons. The molecule has 21 heavy (non-hydrogen) atoms. The molecule has 1 heterocycles. The van der Waals surface area contributed by atoms with Crippen LogP contribution >= 0.6 is 15.9 Å². The van der Waals surface area contributed by atoms with Crippen LogP contribution < -0.4 is 4.74 Å². The Hall–Kier alpha value is -1.33. The van der Waals surface area contributed by atoms with Gasteiger partial charge in [0.05, 0.1) is 28.6 Å². The Balaban J connectivity index is 2.01. The van der Waals surface area contributed by atoms with E-state index in [0.29, 0.717) is 6.42 Å². The highest BCUT2D eigenvalue weighted by Crippen LogP contribution is 2.42. The van der Waals surface area contributed by atoms with Gasteiger partial charge in [-0.2, -0.15) is 5.10 Å². The van der Waals surface area contributed by atoms with Gasteiger partial charge in [-0.3, -0.25) is 4.68 Å². The van der Waals surface area contributed by atoms with Crippen LogP contribution in [0.2, 0.25) is 0 Å². The van der Waals surface area contributed by atoms with E-state index >= 15 is 0 Å². The van der Waals surface area contributed by atoms with Crippen LogP contribution in [-0.4, -0.2) is 22.0 Å². The fourth-order valence-electron chi connectivity index (χ4n) is 3.14. The molecule has 1 aliphatic carbocycles. The van der Waals surface area contributed by atoms with Crippen molar-refractivity contribution >= 4 is 15.9 Å². The van der Waals surface area contributed by atoms with Crippen LogP contribution in [0, 0.1) is 6.92 Å². The highest BCUT2D eigenvalue weighted by atomic mass is 79.9. The maximum Gasteiger partial charge on any atom is 0.119 e. The van der Waals surface area contributed by atoms with Gasteiger partial charge in [0, 0.05) is 13.5 Å². The number of aliphatic hydroxyl groups is 1. The molecule has 0 radical (unpaired) electrons. The first-order valence-electron chi connectivity index (χ1n) is 7.02. The van der Waals surface area contributed by atoms with Gasteiger partial charge in [-0.25, -0.2) is 0 Å². The minimum absolute atomic E-state index is 0.547. The largest absolute Gasteiger partial charge is 0.497 e. The second-order valence-corrected chi connectivity index (χ2v) is 6.49. The molecule has 0 fully saturated rings. The average molecular weight is 351 g/mol. The standard InChI is InChI=1S/C16H19BrN2O2/c1-10-15(17)14(19(2)18-10)9-16(20)7-6-11-4-5-12(21-3)8-13(11)16/h4-5,8,20H,6-7,9H2,1-3H3. The molecule has 1 N–H and O–H groups in total. The average Bonchev–Trinajstić information content (AvgIpc) is 2.91. The minimum atomic E-state index is -0.855. The van der Waals surface area contributed by atoms with Crippen LogP contribution in [0.1, 0.15) is 28.9 Å². The van der Waals surface area contributed by atoms with Crippen molar-refractivity contribution in [1.29, 1.82) is 0 Å². The number of aromatic nitrogens is 2. The fraction of sp³-hybridized carbons (Fsp3) is 0.438. The Morgan fingerprint density at radius 3 is 2.86 bits per heavy atom. The van der Waals surface area contributed by atoms with Crippen LogP contribution in [0.25, 0.3) is 0 Å². The zero-order valence-corrected chi connectivity index (χ0v) is 14.1. The fourth-order valence-corrected chi connectivity index (χ4v) is 3.62. The van der Waals surface area contributed by atoms with E-state index in [2.05, 4.69) is 27.1 Å². The normalized spacial score (nSPS) is 20.6. The lowest BCUT2D eigenvalue weighted by molar-refractivity contribution is 0.0367. The lowest BCUT2D eigenvalue weighted by atomic mass is 9.90. The summed E-state index contributed by atoms with van der Waals surface area (Å²) in [5.41, 5.74) is 3.29. The maximum absolute atomic E-state index is 11.2. The summed E-state index contributed by atoms with van der Waals surface area (Å²) in [5, 5.41) is 15.6. The summed E-state index contributed by atoms with van der Waals surface area (Å²) in [6.07, 6.45) is 2.17. The first-order valence-corrected chi connectivity index (χ1v) is 7.81. The molecule has 0 saturated heterocycles. The smallest absolute Gasteiger partial charge is 0.119 e. The number of hydrogen-bond donors (Lipinski definition) is 1. The molecule has 1 aromatic carbocycles. The lowest BCUT2D eigenvalue weighted by Crippen LogP contribution is -2.26. The third kappa shape index (κ3) is 2.38. The molecule has 5 heteroatoms. The SMILES string of the molecule is COc1ccc2c(c1)C(O)(Cc1c(Br)c(C)nn1C)CC2. The van der Waals surface area contributed by atoms with Crippen LogP contribution in [0.5, 0.6) is 5.75 Å². The first-order chi connectivity index (χ1) is 9.94. The van der Waals surface area contributed by atoms with E-state index in [1.54, 1.807) is 7.11 Å². The summed E-state index contributed by atoms with van der Waals surface area (Å²) < 4.78 is 8.12. The van der Waals surface area contributed by atoms with Crippen LogP contribution in [0.3, 0.4) is 0 Å². The van der Waals surface area contributed by atoms with E-state index in [0.717, 1.165) is 40.0 Å². The number of benzene rings is 1. The van der Waals surface area contributed by atoms with Gasteiger partial charge < -0.3 is 9.84 Å². The molecular formula is C16H19BrN2O2. The van der Waals surface area contributed by atoms with Gasteiger partial charge in [0.25, 0.3) is 0 Å². The van der Waals surface area contributed by atoms with Crippen molar-refractivity contribution in [2.24, 2.45) is 7.05 Å². The number of ether oxygens (including phenoxy) is 1. The Morgan fingerprint density at radius 2 is 2.24 bits per heavy atom. The zero-order valence-electron chi connectivity index (χ0n) is 12.5. The molecule has 4 nitrogen and oxygen atoms in total. The molecule has 0 spiro atoms. The van der Waals surface area contributed by atoms with Crippen LogP contribution in [-0.2, 0) is 25.5 Å². The third-order valence-electron chi connectivity index (χ3n) is 4.35. The molecule has 3 rings (SSSR count). The molecule has 0 bridgehead atoms. The number of fused-ring (bicyclic) bond motifs is 1. The van der Waals surface area contributed by atoms with Crippen molar-refractivity contribution in [3.63, 3.8) is 0 Å². The monoisotopic (exact) mass is 350 g/mol. The molecule has 0 aliphatic heterocycles. The van der Waals surface area contributed by atoms with E-state index in [9.17, 15) is 5.11 Å². The van der Waals surface area contributed by atoms with E-state index in [1.807, 2.05) is 30.8 Å². The summed E-state index contributed by atoms with van der Waals surface area (Å²) in [6, 6.07) is 5.96. The molecule has 1 aromatic heterocycles. The Morgan fingerprint density at radius 1 is 1.48 bits per heavy atom. The molecule has 1 atom stereocenters. The maximum atomic E-state index is 11.2. The Bertz CT molecular complexity index is 696. The van der Waals surface area contributed by atoms with E-state index in [-0.39, 0.29) is 0 Å². The minimum Gasteiger partial charge on any atom is -0.497 e. The second-order valence-electron chi connectivity index (χ2n) is 5.70. The van der Waals surface area contributed by atoms with E-state index in [4.69, 9.17) is 4.74 Å². The van der Waals surface area contributed by atoms with Crippen molar-refractivity contribution in [3.05, 3.63) is 45.2 Å². The quantitative estimate of drug-likeness (QED) is 0.925. The van der Waals surface area contributed by atoms with Gasteiger partial charge in [-0.05, 0) is 59.0 Å². The number of rotatable bonds is 3. The number of methoxy groups -OCH3 is 1. The second kappa shape index (κ2) is 5.14. The van der Waals surface area contributed by atoms with Gasteiger partial charge >= 0.3 is 0 Å². The van der Waals surface area contributed by atoms with Crippen molar-refractivity contribution in [2.75, 3.05) is 7.11 Å². The van der Waals surface area contributed by atoms with Gasteiger partial charge in [-0.15, -0.1) is 0 Å². The summed E-state index contributed by atoms with van der Waals surface area (Å²) in [5.74, 6) is 0.786. The molecule has 0 saturated carbocycles. The highest BCUT2D eigenvalue weighted by Gasteiger charge is 2.38. The van der Waals surface area contributed by atoms with Crippen LogP contribution in [0.15, 0.2) is 22.7 Å². The van der Waals surface area contributed by atoms with Crippen LogP contribution in [0.4, 0.5) is 0 Å². The predicted molar refractivity (Wildman–Crippen MR) is 84.6 cm³/mol. The number of aryl methyl sites for hydroxylation is 3. The summed E-state index contributed by atoms with van der Waals surface area (Å²) >= 11 is 3.58. The zero-order chi connectivity index (χ0) is 15.2. The van der Waals surface area contributed by atoms with Crippen molar-refractivity contribution in [3.8, 4) is 5.75 Å². The van der Waals surface area contributed by atoms with Crippen molar-refractivity contribution in [1.82, 2.24) is 9.78 Å². The summed E-state index contributed by atoms with van der Waals surface area (Å²) in [6.45, 7) is 1.96.